The molecule has 0 bridgehead atoms. The number of amides is 2. The molecule has 0 atom stereocenters. The summed E-state index contributed by atoms with van der Waals surface area (Å²) in [7, 11) is 3.04. The Morgan fingerprint density at radius 2 is 1.37 bits per heavy atom. The molecule has 0 aromatic heterocycles. The average molecular weight is 389 g/mol. The lowest BCUT2D eigenvalue weighted by molar-refractivity contribution is 0.0533. The summed E-state index contributed by atoms with van der Waals surface area (Å²) >= 11 is 6.12. The monoisotopic (exact) mass is 388 g/mol. The van der Waals surface area contributed by atoms with Crippen molar-refractivity contribution in [3.63, 3.8) is 0 Å². The van der Waals surface area contributed by atoms with Gasteiger partial charge in [0, 0.05) is 26.2 Å². The molecule has 27 heavy (non-hydrogen) atoms. The molecule has 1 aliphatic heterocycles. The van der Waals surface area contributed by atoms with E-state index in [-0.39, 0.29) is 11.8 Å². The van der Waals surface area contributed by atoms with E-state index >= 15 is 0 Å². The molecule has 1 aliphatic rings. The first kappa shape index (κ1) is 19.0. The molecule has 1 heterocycles. The predicted molar refractivity (Wildman–Crippen MR) is 103 cm³/mol. The zero-order valence-corrected chi connectivity index (χ0v) is 16.0. The fourth-order valence-corrected chi connectivity index (χ4v) is 3.36. The number of carbonyl (C=O) groups excluding carboxylic acids is 2. The van der Waals surface area contributed by atoms with Gasteiger partial charge in [-0.05, 0) is 24.3 Å². The summed E-state index contributed by atoms with van der Waals surface area (Å²) in [5.41, 5.74) is 0.927. The number of nitrogens with zero attached hydrogens (tertiary/aromatic N) is 2. The van der Waals surface area contributed by atoms with E-state index in [9.17, 15) is 9.59 Å². The van der Waals surface area contributed by atoms with Crippen LogP contribution in [0.1, 0.15) is 20.7 Å². The van der Waals surface area contributed by atoms with Crippen LogP contribution in [0.2, 0.25) is 5.02 Å². The molecule has 0 N–H and O–H groups in total. The lowest BCUT2D eigenvalue weighted by Gasteiger charge is -2.35. The van der Waals surface area contributed by atoms with Crippen molar-refractivity contribution in [1.29, 1.82) is 0 Å². The Balaban J connectivity index is 1.70. The Morgan fingerprint density at radius 1 is 0.815 bits per heavy atom. The van der Waals surface area contributed by atoms with Crippen molar-refractivity contribution < 1.29 is 19.1 Å². The second kappa shape index (κ2) is 8.31. The van der Waals surface area contributed by atoms with Crippen LogP contribution in [0.5, 0.6) is 11.5 Å². The summed E-state index contributed by atoms with van der Waals surface area (Å²) in [6.07, 6.45) is 0. The van der Waals surface area contributed by atoms with Crippen LogP contribution in [-0.2, 0) is 0 Å². The molecule has 0 spiro atoms. The molecule has 2 aromatic carbocycles. The van der Waals surface area contributed by atoms with Crippen molar-refractivity contribution in [2.75, 3.05) is 40.4 Å². The van der Waals surface area contributed by atoms with E-state index < -0.39 is 0 Å². The third-order valence-corrected chi connectivity index (χ3v) is 4.92. The number of methoxy groups -OCH3 is 2. The smallest absolute Gasteiger partial charge is 0.257 e. The molecule has 7 heteroatoms. The van der Waals surface area contributed by atoms with Crippen LogP contribution >= 0.6 is 11.6 Å². The van der Waals surface area contributed by atoms with E-state index in [0.29, 0.717) is 53.8 Å². The third-order valence-electron chi connectivity index (χ3n) is 4.59. The molecule has 0 unspecified atom stereocenters. The van der Waals surface area contributed by atoms with E-state index in [1.54, 1.807) is 52.3 Å². The number of halogens is 1. The first-order chi connectivity index (χ1) is 13.1. The van der Waals surface area contributed by atoms with Crippen molar-refractivity contribution in [1.82, 2.24) is 9.80 Å². The van der Waals surface area contributed by atoms with Crippen LogP contribution in [0.25, 0.3) is 0 Å². The maximum absolute atomic E-state index is 12.9. The van der Waals surface area contributed by atoms with Gasteiger partial charge in [-0.2, -0.15) is 0 Å². The molecule has 0 aliphatic carbocycles. The standard InChI is InChI=1S/C20H21ClN2O4/c1-26-17-9-5-7-15(18(17)27-2)20(25)23-12-10-22(11-13-23)19(24)14-6-3-4-8-16(14)21/h3-9H,10-13H2,1-2H3. The lowest BCUT2D eigenvalue weighted by atomic mass is 10.1. The van der Waals surface area contributed by atoms with Gasteiger partial charge in [0.25, 0.3) is 11.8 Å². The molecular weight excluding hydrogens is 368 g/mol. The van der Waals surface area contributed by atoms with Gasteiger partial charge in [0.1, 0.15) is 0 Å². The van der Waals surface area contributed by atoms with Crippen LogP contribution in [0.3, 0.4) is 0 Å². The Bertz CT molecular complexity index is 848. The van der Waals surface area contributed by atoms with Crippen molar-refractivity contribution in [3.05, 3.63) is 58.6 Å². The molecule has 0 saturated carbocycles. The van der Waals surface area contributed by atoms with Gasteiger partial charge in [0.15, 0.2) is 11.5 Å². The highest BCUT2D eigenvalue weighted by molar-refractivity contribution is 6.33. The summed E-state index contributed by atoms with van der Waals surface area (Å²) in [6, 6.07) is 12.2. The molecule has 1 saturated heterocycles. The van der Waals surface area contributed by atoms with Crippen molar-refractivity contribution >= 4 is 23.4 Å². The van der Waals surface area contributed by atoms with E-state index in [1.165, 1.54) is 14.2 Å². The summed E-state index contributed by atoms with van der Waals surface area (Å²) in [5.74, 6) is 0.665. The van der Waals surface area contributed by atoms with Gasteiger partial charge >= 0.3 is 0 Å². The fraction of sp³-hybridized carbons (Fsp3) is 0.300. The summed E-state index contributed by atoms with van der Waals surface area (Å²) in [4.78, 5) is 29.0. The van der Waals surface area contributed by atoms with E-state index in [1.807, 2.05) is 0 Å². The number of para-hydroxylation sites is 1. The van der Waals surface area contributed by atoms with Gasteiger partial charge in [0.2, 0.25) is 0 Å². The molecule has 142 valence electrons. The SMILES string of the molecule is COc1cccc(C(=O)N2CCN(C(=O)c3ccccc3Cl)CC2)c1OC. The highest BCUT2D eigenvalue weighted by Gasteiger charge is 2.28. The van der Waals surface area contributed by atoms with Crippen molar-refractivity contribution in [2.45, 2.75) is 0 Å². The van der Waals surface area contributed by atoms with Crippen LogP contribution in [-0.4, -0.2) is 62.0 Å². The zero-order chi connectivity index (χ0) is 19.4. The molecule has 2 amide bonds. The molecule has 2 aromatic rings. The van der Waals surface area contributed by atoms with Crippen LogP contribution in [0.15, 0.2) is 42.5 Å². The summed E-state index contributed by atoms with van der Waals surface area (Å²) < 4.78 is 10.6. The van der Waals surface area contributed by atoms with Gasteiger partial charge in [-0.3, -0.25) is 9.59 Å². The number of hydrogen-bond acceptors (Lipinski definition) is 4. The predicted octanol–water partition coefficient (Wildman–Crippen LogP) is 2.96. The minimum absolute atomic E-state index is 0.119. The van der Waals surface area contributed by atoms with Gasteiger partial charge in [-0.25, -0.2) is 0 Å². The highest BCUT2D eigenvalue weighted by Crippen LogP contribution is 2.31. The Labute approximate surface area is 163 Å². The lowest BCUT2D eigenvalue weighted by Crippen LogP contribution is -2.50. The summed E-state index contributed by atoms with van der Waals surface area (Å²) in [6.45, 7) is 1.77. The first-order valence-electron chi connectivity index (χ1n) is 8.61. The van der Waals surface area contributed by atoms with Crippen LogP contribution in [0, 0.1) is 0 Å². The van der Waals surface area contributed by atoms with Gasteiger partial charge in [-0.1, -0.05) is 29.8 Å². The largest absolute Gasteiger partial charge is 0.493 e. The third kappa shape index (κ3) is 3.85. The second-order valence-electron chi connectivity index (χ2n) is 6.11. The molecule has 6 nitrogen and oxygen atoms in total. The Hall–Kier alpha value is -2.73. The van der Waals surface area contributed by atoms with Gasteiger partial charge < -0.3 is 19.3 Å². The van der Waals surface area contributed by atoms with E-state index in [2.05, 4.69) is 0 Å². The van der Waals surface area contributed by atoms with Crippen molar-refractivity contribution in [2.24, 2.45) is 0 Å². The Morgan fingerprint density at radius 3 is 1.93 bits per heavy atom. The van der Waals surface area contributed by atoms with Gasteiger partial charge in [0.05, 0.1) is 30.4 Å². The minimum Gasteiger partial charge on any atom is -0.493 e. The average Bonchev–Trinajstić information content (AvgIpc) is 2.72. The zero-order valence-electron chi connectivity index (χ0n) is 15.3. The quantitative estimate of drug-likeness (QED) is 0.808. The number of carbonyl (C=O) groups is 2. The molecular formula is C20H21ClN2O4. The Kier molecular flexibility index (Phi) is 5.86. The highest BCUT2D eigenvalue weighted by atomic mass is 35.5. The number of hydrogen-bond donors (Lipinski definition) is 0. The topological polar surface area (TPSA) is 59.1 Å². The second-order valence-corrected chi connectivity index (χ2v) is 6.51. The van der Waals surface area contributed by atoms with Crippen LogP contribution in [0.4, 0.5) is 0 Å². The maximum atomic E-state index is 12.9. The number of piperazine rings is 1. The molecule has 1 fully saturated rings. The minimum atomic E-state index is -0.143. The van der Waals surface area contributed by atoms with E-state index in [0.717, 1.165) is 0 Å². The van der Waals surface area contributed by atoms with Crippen LogP contribution < -0.4 is 9.47 Å². The normalized spacial score (nSPS) is 14.0. The van der Waals surface area contributed by atoms with E-state index in [4.69, 9.17) is 21.1 Å². The fourth-order valence-electron chi connectivity index (χ4n) is 3.14. The number of ether oxygens (including phenoxy) is 2. The first-order valence-corrected chi connectivity index (χ1v) is 8.98. The number of rotatable bonds is 4. The number of benzene rings is 2. The van der Waals surface area contributed by atoms with Crippen molar-refractivity contribution in [3.8, 4) is 11.5 Å². The van der Waals surface area contributed by atoms with Gasteiger partial charge in [-0.15, -0.1) is 0 Å². The summed E-state index contributed by atoms with van der Waals surface area (Å²) in [5, 5.41) is 0.433. The molecule has 3 rings (SSSR count). The molecule has 0 radical (unpaired) electrons. The maximum Gasteiger partial charge on any atom is 0.257 e.